The minimum atomic E-state index is -0.501. The molecule has 1 fully saturated rings. The number of amides is 1. The maximum Gasteiger partial charge on any atom is 0.256 e. The van der Waals surface area contributed by atoms with Crippen molar-refractivity contribution in [3.8, 4) is 17.2 Å². The number of nitrogen functional groups attached to an aromatic ring is 1. The minimum Gasteiger partial charge on any atom is -0.368 e. The van der Waals surface area contributed by atoms with Gasteiger partial charge in [-0.25, -0.2) is 9.97 Å². The van der Waals surface area contributed by atoms with E-state index in [1.54, 1.807) is 30.6 Å². The van der Waals surface area contributed by atoms with E-state index in [1.807, 2.05) is 30.3 Å². The van der Waals surface area contributed by atoms with E-state index < -0.39 is 5.41 Å². The van der Waals surface area contributed by atoms with Crippen LogP contribution in [0.15, 0.2) is 60.9 Å². The van der Waals surface area contributed by atoms with Gasteiger partial charge in [-0.05, 0) is 42.2 Å². The van der Waals surface area contributed by atoms with Crippen molar-refractivity contribution in [1.29, 1.82) is 10.7 Å². The van der Waals surface area contributed by atoms with Gasteiger partial charge in [0.2, 0.25) is 5.95 Å². The fourth-order valence-electron chi connectivity index (χ4n) is 3.72. The van der Waals surface area contributed by atoms with Gasteiger partial charge >= 0.3 is 0 Å². The number of nitrogens with two attached hydrogens (primary N) is 1. The molecule has 0 radical (unpaired) electrons. The third-order valence-corrected chi connectivity index (χ3v) is 5.62. The summed E-state index contributed by atoms with van der Waals surface area (Å²) in [4.78, 5) is 20.7. The number of hydrogen-bond acceptors (Lipinski definition) is 6. The number of rotatable bonds is 4. The molecule has 2 aromatic carbocycles. The van der Waals surface area contributed by atoms with Crippen LogP contribution in [0.1, 0.15) is 40.7 Å². The number of carbonyl (C=O) groups excluding carboxylic acids is 1. The van der Waals surface area contributed by atoms with E-state index >= 15 is 0 Å². The monoisotopic (exact) mass is 396 g/mol. The topological polar surface area (TPSA) is 129 Å². The molecule has 1 amide bonds. The molecule has 0 unspecified atom stereocenters. The van der Waals surface area contributed by atoms with Gasteiger partial charge in [0.1, 0.15) is 5.84 Å². The Morgan fingerprint density at radius 2 is 1.80 bits per heavy atom. The number of nitrogens with zero attached hydrogens (tertiary/aromatic N) is 3. The molecule has 1 saturated carbocycles. The Kier molecular flexibility index (Phi) is 4.98. The van der Waals surface area contributed by atoms with Gasteiger partial charge in [-0.3, -0.25) is 10.2 Å². The number of nitriles is 1. The zero-order valence-corrected chi connectivity index (χ0v) is 16.2. The summed E-state index contributed by atoms with van der Waals surface area (Å²) in [6, 6.07) is 16.4. The highest BCUT2D eigenvalue weighted by Crippen LogP contribution is 2.44. The van der Waals surface area contributed by atoms with Crippen molar-refractivity contribution >= 4 is 17.7 Å². The van der Waals surface area contributed by atoms with E-state index in [0.717, 1.165) is 36.0 Å². The fraction of sp³-hybridized carbons (Fsp3) is 0.174. The molecular formula is C23H20N6O. The first-order valence-electron chi connectivity index (χ1n) is 9.61. The summed E-state index contributed by atoms with van der Waals surface area (Å²) >= 11 is 0. The van der Waals surface area contributed by atoms with Crippen LogP contribution in [0.4, 0.5) is 5.95 Å². The molecule has 1 heterocycles. The average Bonchev–Trinajstić information content (AvgIpc) is 2.74. The summed E-state index contributed by atoms with van der Waals surface area (Å²) in [7, 11) is 0. The fourth-order valence-corrected chi connectivity index (χ4v) is 3.72. The lowest BCUT2D eigenvalue weighted by molar-refractivity contribution is 0.0972. The van der Waals surface area contributed by atoms with Crippen LogP contribution in [-0.2, 0) is 5.41 Å². The first kappa shape index (κ1) is 19.3. The maximum absolute atomic E-state index is 12.6. The largest absolute Gasteiger partial charge is 0.368 e. The third-order valence-electron chi connectivity index (χ3n) is 5.62. The Bertz CT molecular complexity index is 1140. The number of benzene rings is 2. The average molecular weight is 396 g/mol. The molecule has 0 spiro atoms. The van der Waals surface area contributed by atoms with Crippen molar-refractivity contribution < 1.29 is 4.79 Å². The summed E-state index contributed by atoms with van der Waals surface area (Å²) < 4.78 is 0. The summed E-state index contributed by atoms with van der Waals surface area (Å²) in [5.41, 5.74) is 8.63. The van der Waals surface area contributed by atoms with E-state index in [9.17, 15) is 4.79 Å². The number of amidine groups is 1. The van der Waals surface area contributed by atoms with Crippen molar-refractivity contribution in [3.05, 3.63) is 77.6 Å². The normalized spacial score (nSPS) is 14.2. The van der Waals surface area contributed by atoms with Gasteiger partial charge in [-0.1, -0.05) is 36.8 Å². The van der Waals surface area contributed by atoms with Crippen molar-refractivity contribution in [2.24, 2.45) is 0 Å². The van der Waals surface area contributed by atoms with Crippen molar-refractivity contribution in [1.82, 2.24) is 15.3 Å². The molecule has 3 aromatic rings. The molecule has 7 nitrogen and oxygen atoms in total. The predicted octanol–water partition coefficient (Wildman–Crippen LogP) is 3.43. The maximum atomic E-state index is 12.6. The molecule has 0 atom stereocenters. The first-order valence-corrected chi connectivity index (χ1v) is 9.61. The van der Waals surface area contributed by atoms with Crippen LogP contribution in [-0.4, -0.2) is 21.7 Å². The van der Waals surface area contributed by atoms with Gasteiger partial charge in [0.05, 0.1) is 17.0 Å². The molecule has 148 valence electrons. The Morgan fingerprint density at radius 3 is 2.40 bits per heavy atom. The molecule has 4 rings (SSSR count). The Hall–Kier alpha value is -4.05. The lowest BCUT2D eigenvalue weighted by Gasteiger charge is -2.42. The zero-order chi connectivity index (χ0) is 21.1. The molecule has 7 heteroatoms. The van der Waals surface area contributed by atoms with Crippen molar-refractivity contribution in [2.75, 3.05) is 5.73 Å². The molecular weight excluding hydrogens is 376 g/mol. The zero-order valence-electron chi connectivity index (χ0n) is 16.2. The van der Waals surface area contributed by atoms with Crippen LogP contribution >= 0.6 is 0 Å². The molecule has 0 saturated heterocycles. The summed E-state index contributed by atoms with van der Waals surface area (Å²) in [5, 5.41) is 20.4. The second-order valence-corrected chi connectivity index (χ2v) is 7.36. The van der Waals surface area contributed by atoms with E-state index in [-0.39, 0.29) is 17.7 Å². The predicted molar refractivity (Wildman–Crippen MR) is 114 cm³/mol. The van der Waals surface area contributed by atoms with Crippen LogP contribution in [0.25, 0.3) is 11.1 Å². The van der Waals surface area contributed by atoms with Gasteiger partial charge in [-0.2, -0.15) is 5.26 Å². The Balaban J connectivity index is 1.54. The van der Waals surface area contributed by atoms with Gasteiger partial charge in [0.15, 0.2) is 0 Å². The highest BCUT2D eigenvalue weighted by atomic mass is 16.1. The smallest absolute Gasteiger partial charge is 0.256 e. The molecule has 1 aliphatic carbocycles. The molecule has 4 N–H and O–H groups in total. The Morgan fingerprint density at radius 1 is 1.10 bits per heavy atom. The summed E-state index contributed by atoms with van der Waals surface area (Å²) in [6.07, 6.45) is 5.95. The number of aromatic nitrogens is 2. The standard InChI is InChI=1S/C23H20N6O/c24-12-15-3-1-4-17(11-15)20(30)29-21(25)23(9-2-10-23)19-7-5-16(6-8-19)18-13-27-22(26)28-14-18/h1,3-8,11,13-14H,2,9-10H2,(H2,25,29,30)(H2,26,27,28). The van der Waals surface area contributed by atoms with Crippen LogP contribution in [0.2, 0.25) is 0 Å². The number of anilines is 1. The minimum absolute atomic E-state index is 0.185. The van der Waals surface area contributed by atoms with Gasteiger partial charge in [0, 0.05) is 23.5 Å². The molecule has 30 heavy (non-hydrogen) atoms. The molecule has 1 aliphatic rings. The van der Waals surface area contributed by atoms with Crippen molar-refractivity contribution in [2.45, 2.75) is 24.7 Å². The van der Waals surface area contributed by atoms with Crippen LogP contribution in [0.5, 0.6) is 0 Å². The van der Waals surface area contributed by atoms with Crippen LogP contribution < -0.4 is 11.1 Å². The quantitative estimate of drug-likeness (QED) is 0.460. The second-order valence-electron chi connectivity index (χ2n) is 7.36. The van der Waals surface area contributed by atoms with E-state index in [4.69, 9.17) is 16.4 Å². The van der Waals surface area contributed by atoms with Crippen LogP contribution in [0, 0.1) is 16.7 Å². The number of carbonyl (C=O) groups is 1. The van der Waals surface area contributed by atoms with Gasteiger partial charge < -0.3 is 11.1 Å². The first-order chi connectivity index (χ1) is 14.5. The van der Waals surface area contributed by atoms with Crippen LogP contribution in [0.3, 0.4) is 0 Å². The molecule has 0 aliphatic heterocycles. The lowest BCUT2D eigenvalue weighted by atomic mass is 9.63. The highest BCUT2D eigenvalue weighted by Gasteiger charge is 2.43. The van der Waals surface area contributed by atoms with Crippen molar-refractivity contribution in [3.63, 3.8) is 0 Å². The van der Waals surface area contributed by atoms with E-state index in [2.05, 4.69) is 15.3 Å². The Labute approximate surface area is 174 Å². The summed E-state index contributed by atoms with van der Waals surface area (Å²) in [5.74, 6) is 0.0389. The van der Waals surface area contributed by atoms with Gasteiger partial charge in [-0.15, -0.1) is 0 Å². The molecule has 1 aromatic heterocycles. The number of hydrogen-bond donors (Lipinski definition) is 3. The second kappa shape index (κ2) is 7.76. The summed E-state index contributed by atoms with van der Waals surface area (Å²) in [6.45, 7) is 0. The SMILES string of the molecule is N#Cc1cccc(C(=O)NC(=N)C2(c3ccc(-c4cnc(N)nc4)cc3)CCC2)c1. The number of nitrogens with one attached hydrogen (secondary N) is 2. The lowest BCUT2D eigenvalue weighted by Crippen LogP contribution is -2.50. The molecule has 0 bridgehead atoms. The van der Waals surface area contributed by atoms with E-state index in [0.29, 0.717) is 11.1 Å². The third kappa shape index (κ3) is 3.51. The van der Waals surface area contributed by atoms with E-state index in [1.165, 1.54) is 6.07 Å². The highest BCUT2D eigenvalue weighted by molar-refractivity contribution is 6.09. The van der Waals surface area contributed by atoms with Gasteiger partial charge in [0.25, 0.3) is 5.91 Å².